The summed E-state index contributed by atoms with van der Waals surface area (Å²) in [6.45, 7) is 0. The molecule has 122 valence electrons. The molecule has 0 radical (unpaired) electrons. The summed E-state index contributed by atoms with van der Waals surface area (Å²) >= 11 is 0. The monoisotopic (exact) mass is 345 g/mol. The molecular formula is C11H8FN3O7S. The number of aromatic nitrogens is 2. The molecule has 1 aromatic carbocycles. The summed E-state index contributed by atoms with van der Waals surface area (Å²) in [5.74, 6) is -1.70. The van der Waals surface area contributed by atoms with Crippen LogP contribution in [0.1, 0.15) is 0 Å². The largest absolute Gasteiger partial charge is 0.490 e. The van der Waals surface area contributed by atoms with Gasteiger partial charge >= 0.3 is 11.4 Å². The van der Waals surface area contributed by atoms with Crippen LogP contribution in [0.25, 0.3) is 0 Å². The number of nitrogens with zero attached hydrogens (tertiary/aromatic N) is 2. The molecule has 0 fully saturated rings. The first kappa shape index (κ1) is 16.4. The van der Waals surface area contributed by atoms with Gasteiger partial charge in [0.25, 0.3) is 15.6 Å². The smallest absolute Gasteiger partial charge is 0.342 e. The minimum atomic E-state index is -4.66. The van der Waals surface area contributed by atoms with Gasteiger partial charge < -0.3 is 4.74 Å². The van der Waals surface area contributed by atoms with Gasteiger partial charge in [-0.15, -0.1) is 0 Å². The lowest BCUT2D eigenvalue weighted by molar-refractivity contribution is -0.386. The van der Waals surface area contributed by atoms with Gasteiger partial charge in [0.05, 0.1) is 23.1 Å². The number of methoxy groups -OCH3 is 1. The fourth-order valence-electron chi connectivity index (χ4n) is 1.70. The molecule has 0 unspecified atom stereocenters. The SMILES string of the molecule is COc1ccc(S(=O)(=O)n2cc(F)c(=O)[nH]c2=O)cc1[N+](=O)[O-]. The quantitative estimate of drug-likeness (QED) is 0.599. The van der Waals surface area contributed by atoms with Crippen LogP contribution in [0.4, 0.5) is 10.1 Å². The number of hydrogen-bond acceptors (Lipinski definition) is 7. The highest BCUT2D eigenvalue weighted by Crippen LogP contribution is 2.29. The minimum Gasteiger partial charge on any atom is -0.490 e. The number of halogens is 1. The highest BCUT2D eigenvalue weighted by Gasteiger charge is 2.25. The summed E-state index contributed by atoms with van der Waals surface area (Å²) in [6.07, 6.45) is 0.187. The Hall–Kier alpha value is -3.02. The van der Waals surface area contributed by atoms with Crippen LogP contribution < -0.4 is 16.0 Å². The number of nitrogens with one attached hydrogen (secondary N) is 1. The van der Waals surface area contributed by atoms with Crippen molar-refractivity contribution in [2.24, 2.45) is 0 Å². The Morgan fingerprint density at radius 1 is 1.35 bits per heavy atom. The molecule has 2 rings (SSSR count). The van der Waals surface area contributed by atoms with E-state index < -0.39 is 42.6 Å². The highest BCUT2D eigenvalue weighted by atomic mass is 32.2. The van der Waals surface area contributed by atoms with Crippen molar-refractivity contribution in [2.45, 2.75) is 4.90 Å². The summed E-state index contributed by atoms with van der Waals surface area (Å²) in [7, 11) is -3.50. The summed E-state index contributed by atoms with van der Waals surface area (Å²) < 4.78 is 42.5. The number of rotatable bonds is 4. The van der Waals surface area contributed by atoms with Crippen LogP contribution in [-0.4, -0.2) is 29.4 Å². The van der Waals surface area contributed by atoms with Crippen molar-refractivity contribution in [3.63, 3.8) is 0 Å². The van der Waals surface area contributed by atoms with Gasteiger partial charge in [0.2, 0.25) is 5.82 Å². The van der Waals surface area contributed by atoms with Gasteiger partial charge in [-0.05, 0) is 12.1 Å². The van der Waals surface area contributed by atoms with E-state index in [1.54, 1.807) is 0 Å². The normalized spacial score (nSPS) is 11.2. The Labute approximate surface area is 127 Å². The maximum absolute atomic E-state index is 13.2. The maximum Gasteiger partial charge on any atom is 0.342 e. The first-order chi connectivity index (χ1) is 10.7. The van der Waals surface area contributed by atoms with Crippen molar-refractivity contribution in [2.75, 3.05) is 7.11 Å². The number of hydrogen-bond donors (Lipinski definition) is 1. The van der Waals surface area contributed by atoms with E-state index in [9.17, 15) is 32.5 Å². The van der Waals surface area contributed by atoms with Crippen molar-refractivity contribution in [1.29, 1.82) is 0 Å². The third-order valence-corrected chi connectivity index (χ3v) is 4.41. The minimum absolute atomic E-state index is 0.0602. The predicted octanol–water partition coefficient (Wildman–Crippen LogP) is -0.170. The lowest BCUT2D eigenvalue weighted by Gasteiger charge is -2.08. The average Bonchev–Trinajstić information content (AvgIpc) is 2.49. The second kappa shape index (κ2) is 5.64. The topological polar surface area (TPSA) is 141 Å². The zero-order chi connectivity index (χ0) is 17.4. The number of nitro benzene ring substituents is 1. The van der Waals surface area contributed by atoms with Gasteiger partial charge in [0.1, 0.15) is 0 Å². The average molecular weight is 345 g/mol. The summed E-state index contributed by atoms with van der Waals surface area (Å²) in [4.78, 5) is 33.4. The molecule has 1 aromatic heterocycles. The van der Waals surface area contributed by atoms with Crippen molar-refractivity contribution in [3.8, 4) is 5.75 Å². The van der Waals surface area contributed by atoms with Gasteiger partial charge in [0, 0.05) is 6.07 Å². The summed E-state index contributed by atoms with van der Waals surface area (Å²) in [5, 5.41) is 10.9. The molecule has 0 amide bonds. The number of H-pyrrole nitrogens is 1. The molecule has 0 aliphatic heterocycles. The zero-order valence-corrected chi connectivity index (χ0v) is 12.2. The number of benzene rings is 1. The van der Waals surface area contributed by atoms with Crippen molar-refractivity contribution in [3.05, 3.63) is 61.2 Å². The molecule has 0 aliphatic rings. The zero-order valence-electron chi connectivity index (χ0n) is 11.3. The Kier molecular flexibility index (Phi) is 4.01. The van der Waals surface area contributed by atoms with Gasteiger partial charge in [-0.3, -0.25) is 19.9 Å². The van der Waals surface area contributed by atoms with E-state index in [0.29, 0.717) is 6.07 Å². The molecule has 0 bridgehead atoms. The first-order valence-corrected chi connectivity index (χ1v) is 7.22. The van der Waals surface area contributed by atoms with E-state index in [1.165, 1.54) is 4.98 Å². The van der Waals surface area contributed by atoms with Crippen molar-refractivity contribution in [1.82, 2.24) is 8.96 Å². The van der Waals surface area contributed by atoms with E-state index in [2.05, 4.69) is 0 Å². The lowest BCUT2D eigenvalue weighted by Crippen LogP contribution is -2.35. The molecule has 2 aromatic rings. The fraction of sp³-hybridized carbons (Fsp3) is 0.0909. The molecule has 0 aliphatic carbocycles. The molecule has 0 atom stereocenters. The maximum atomic E-state index is 13.2. The highest BCUT2D eigenvalue weighted by molar-refractivity contribution is 7.90. The molecule has 0 spiro atoms. The van der Waals surface area contributed by atoms with E-state index >= 15 is 0 Å². The van der Waals surface area contributed by atoms with Crippen LogP contribution in [0, 0.1) is 15.9 Å². The van der Waals surface area contributed by atoms with Crippen LogP contribution in [0.5, 0.6) is 5.75 Å². The Balaban J connectivity index is 2.73. The van der Waals surface area contributed by atoms with Gasteiger partial charge in [-0.2, -0.15) is 8.36 Å². The van der Waals surface area contributed by atoms with E-state index in [0.717, 1.165) is 19.2 Å². The molecule has 0 saturated heterocycles. The van der Waals surface area contributed by atoms with Crippen LogP contribution >= 0.6 is 0 Å². The van der Waals surface area contributed by atoms with Crippen LogP contribution in [0.15, 0.2) is 38.9 Å². The second-order valence-electron chi connectivity index (χ2n) is 4.13. The Bertz CT molecular complexity index is 1010. The number of aromatic amines is 1. The van der Waals surface area contributed by atoms with Gasteiger partial charge in [-0.1, -0.05) is 0 Å². The molecule has 1 N–H and O–H groups in total. The molecule has 12 heteroatoms. The Morgan fingerprint density at radius 3 is 2.57 bits per heavy atom. The summed E-state index contributed by atoms with van der Waals surface area (Å²) in [5.41, 5.74) is -3.46. The molecule has 1 heterocycles. The molecule has 10 nitrogen and oxygen atoms in total. The van der Waals surface area contributed by atoms with E-state index in [4.69, 9.17) is 4.74 Å². The standard InChI is InChI=1S/C11H8FN3O7S/c1-22-9-3-2-6(4-8(9)15(18)19)23(20,21)14-5-7(12)10(16)13-11(14)17/h2-5H,1H3,(H,13,16,17). The van der Waals surface area contributed by atoms with Crippen LogP contribution in [0.2, 0.25) is 0 Å². The van der Waals surface area contributed by atoms with Crippen molar-refractivity contribution >= 4 is 15.7 Å². The lowest BCUT2D eigenvalue weighted by atomic mass is 10.3. The van der Waals surface area contributed by atoms with Gasteiger partial charge in [-0.25, -0.2) is 13.2 Å². The van der Waals surface area contributed by atoms with E-state index in [-0.39, 0.29) is 15.9 Å². The van der Waals surface area contributed by atoms with Crippen molar-refractivity contribution < 1.29 is 22.5 Å². The third-order valence-electron chi connectivity index (χ3n) is 2.77. The Morgan fingerprint density at radius 2 is 2.00 bits per heavy atom. The number of nitro groups is 1. The molecule has 23 heavy (non-hydrogen) atoms. The van der Waals surface area contributed by atoms with Crippen LogP contribution in [0.3, 0.4) is 0 Å². The number of ether oxygens (including phenoxy) is 1. The third kappa shape index (κ3) is 2.83. The van der Waals surface area contributed by atoms with Crippen LogP contribution in [-0.2, 0) is 10.0 Å². The van der Waals surface area contributed by atoms with Gasteiger partial charge in [0.15, 0.2) is 5.75 Å². The summed E-state index contributed by atoms with van der Waals surface area (Å²) in [6, 6.07) is 2.61. The van der Waals surface area contributed by atoms with E-state index in [1.807, 2.05) is 0 Å². The first-order valence-electron chi connectivity index (χ1n) is 5.78. The fourth-order valence-corrected chi connectivity index (χ4v) is 2.92. The molecule has 0 saturated carbocycles. The second-order valence-corrected chi connectivity index (χ2v) is 5.94. The predicted molar refractivity (Wildman–Crippen MR) is 73.5 cm³/mol. The molecular weight excluding hydrogens is 337 g/mol.